The molecule has 0 saturated carbocycles. The van der Waals surface area contributed by atoms with Gasteiger partial charge in [-0.2, -0.15) is 0 Å². The van der Waals surface area contributed by atoms with Crippen molar-refractivity contribution in [2.24, 2.45) is 0 Å². The molecule has 0 radical (unpaired) electrons. The molecule has 0 aliphatic heterocycles. The SMILES string of the molecule is C=C(C)C(=O)OC(CCC)OC(C)CC. The zero-order chi connectivity index (χ0) is 11.8. The quantitative estimate of drug-likeness (QED) is 0.371. The minimum Gasteiger partial charge on any atom is -0.432 e. The molecule has 15 heavy (non-hydrogen) atoms. The van der Waals surface area contributed by atoms with E-state index in [9.17, 15) is 4.79 Å². The molecular formula is C12H22O3. The number of carbonyl (C=O) groups is 1. The minimum atomic E-state index is -0.436. The van der Waals surface area contributed by atoms with Crippen LogP contribution in [-0.4, -0.2) is 18.4 Å². The van der Waals surface area contributed by atoms with Gasteiger partial charge in [-0.1, -0.05) is 26.8 Å². The van der Waals surface area contributed by atoms with Gasteiger partial charge in [0, 0.05) is 12.0 Å². The van der Waals surface area contributed by atoms with E-state index in [0.29, 0.717) is 5.57 Å². The standard InChI is InChI=1S/C12H22O3/c1-6-8-11(14-10(5)7-2)15-12(13)9(3)4/h10-11H,3,6-8H2,1-2,4-5H3. The Labute approximate surface area is 92.5 Å². The van der Waals surface area contributed by atoms with Crippen molar-refractivity contribution in [1.29, 1.82) is 0 Å². The summed E-state index contributed by atoms with van der Waals surface area (Å²) in [6, 6.07) is 0. The van der Waals surface area contributed by atoms with E-state index in [1.165, 1.54) is 0 Å². The third kappa shape index (κ3) is 6.28. The van der Waals surface area contributed by atoms with Crippen LogP contribution in [-0.2, 0) is 14.3 Å². The monoisotopic (exact) mass is 214 g/mol. The third-order valence-corrected chi connectivity index (χ3v) is 2.07. The summed E-state index contributed by atoms with van der Waals surface area (Å²) in [4.78, 5) is 11.3. The minimum absolute atomic E-state index is 0.111. The van der Waals surface area contributed by atoms with E-state index >= 15 is 0 Å². The molecule has 3 heteroatoms. The molecule has 0 N–H and O–H groups in total. The molecule has 0 aromatic heterocycles. The maximum atomic E-state index is 11.3. The van der Waals surface area contributed by atoms with E-state index in [-0.39, 0.29) is 12.1 Å². The van der Waals surface area contributed by atoms with Gasteiger partial charge in [0.25, 0.3) is 0 Å². The van der Waals surface area contributed by atoms with Crippen LogP contribution in [0.2, 0.25) is 0 Å². The highest BCUT2D eigenvalue weighted by atomic mass is 16.7. The fraction of sp³-hybridized carbons (Fsp3) is 0.750. The van der Waals surface area contributed by atoms with Gasteiger partial charge in [0.2, 0.25) is 6.29 Å². The Morgan fingerprint density at radius 1 is 1.40 bits per heavy atom. The van der Waals surface area contributed by atoms with Crippen molar-refractivity contribution in [3.05, 3.63) is 12.2 Å². The van der Waals surface area contributed by atoms with Crippen molar-refractivity contribution in [1.82, 2.24) is 0 Å². The highest BCUT2D eigenvalue weighted by Crippen LogP contribution is 2.11. The Kier molecular flexibility index (Phi) is 7.05. The van der Waals surface area contributed by atoms with Gasteiger partial charge < -0.3 is 9.47 Å². The summed E-state index contributed by atoms with van der Waals surface area (Å²) in [5, 5.41) is 0. The lowest BCUT2D eigenvalue weighted by molar-refractivity contribution is -0.185. The number of hydrogen-bond acceptors (Lipinski definition) is 3. The molecule has 0 saturated heterocycles. The normalized spacial score (nSPS) is 14.4. The second-order valence-corrected chi connectivity index (χ2v) is 3.76. The number of ether oxygens (including phenoxy) is 2. The Hall–Kier alpha value is -0.830. The van der Waals surface area contributed by atoms with Crippen LogP contribution in [0, 0.1) is 0 Å². The maximum Gasteiger partial charge on any atom is 0.335 e. The second kappa shape index (κ2) is 7.46. The van der Waals surface area contributed by atoms with E-state index in [4.69, 9.17) is 9.47 Å². The van der Waals surface area contributed by atoms with Gasteiger partial charge in [-0.3, -0.25) is 0 Å². The summed E-state index contributed by atoms with van der Waals surface area (Å²) in [6.45, 7) is 11.2. The highest BCUT2D eigenvalue weighted by molar-refractivity contribution is 5.86. The Balaban J connectivity index is 4.14. The summed E-state index contributed by atoms with van der Waals surface area (Å²) in [5.74, 6) is -0.378. The zero-order valence-corrected chi connectivity index (χ0v) is 10.2. The van der Waals surface area contributed by atoms with Crippen LogP contribution in [0.1, 0.15) is 47.0 Å². The first-order valence-corrected chi connectivity index (χ1v) is 5.53. The Bertz CT molecular complexity index is 211. The van der Waals surface area contributed by atoms with Crippen LogP contribution < -0.4 is 0 Å². The van der Waals surface area contributed by atoms with Crippen LogP contribution in [0.25, 0.3) is 0 Å². The molecule has 0 aromatic rings. The molecule has 0 heterocycles. The summed E-state index contributed by atoms with van der Waals surface area (Å²) in [5.41, 5.74) is 0.406. The predicted molar refractivity (Wildman–Crippen MR) is 60.4 cm³/mol. The molecule has 2 atom stereocenters. The molecule has 0 fully saturated rings. The first-order valence-electron chi connectivity index (χ1n) is 5.53. The lowest BCUT2D eigenvalue weighted by atomic mass is 10.3. The van der Waals surface area contributed by atoms with Gasteiger partial charge in [0.15, 0.2) is 0 Å². The summed E-state index contributed by atoms with van der Waals surface area (Å²) < 4.78 is 10.7. The molecule has 0 aliphatic carbocycles. The molecule has 0 bridgehead atoms. The van der Waals surface area contributed by atoms with Crippen molar-refractivity contribution in [2.45, 2.75) is 59.4 Å². The van der Waals surface area contributed by atoms with Gasteiger partial charge in [-0.25, -0.2) is 4.79 Å². The molecule has 0 spiro atoms. The molecule has 3 nitrogen and oxygen atoms in total. The van der Waals surface area contributed by atoms with E-state index < -0.39 is 6.29 Å². The number of hydrogen-bond donors (Lipinski definition) is 0. The number of carbonyl (C=O) groups excluding carboxylic acids is 1. The smallest absolute Gasteiger partial charge is 0.335 e. The first-order chi connectivity index (χ1) is 7.01. The van der Waals surface area contributed by atoms with Crippen LogP contribution in [0.3, 0.4) is 0 Å². The lowest BCUT2D eigenvalue weighted by Gasteiger charge is -2.21. The maximum absolute atomic E-state index is 11.3. The van der Waals surface area contributed by atoms with Gasteiger partial charge in [-0.15, -0.1) is 0 Å². The van der Waals surface area contributed by atoms with Gasteiger partial charge in [-0.05, 0) is 20.3 Å². The topological polar surface area (TPSA) is 35.5 Å². The van der Waals surface area contributed by atoms with Crippen LogP contribution >= 0.6 is 0 Å². The molecule has 0 amide bonds. The average molecular weight is 214 g/mol. The third-order valence-electron chi connectivity index (χ3n) is 2.07. The van der Waals surface area contributed by atoms with Crippen LogP contribution in [0.5, 0.6) is 0 Å². The van der Waals surface area contributed by atoms with Crippen molar-refractivity contribution >= 4 is 5.97 Å². The Morgan fingerprint density at radius 2 is 2.00 bits per heavy atom. The summed E-state index contributed by atoms with van der Waals surface area (Å²) >= 11 is 0. The van der Waals surface area contributed by atoms with Gasteiger partial charge in [0.1, 0.15) is 0 Å². The van der Waals surface area contributed by atoms with Crippen molar-refractivity contribution in [2.75, 3.05) is 0 Å². The second-order valence-electron chi connectivity index (χ2n) is 3.76. The van der Waals surface area contributed by atoms with Crippen molar-refractivity contribution in [3.63, 3.8) is 0 Å². The highest BCUT2D eigenvalue weighted by Gasteiger charge is 2.16. The summed E-state index contributed by atoms with van der Waals surface area (Å²) in [6.07, 6.45) is 2.23. The molecule has 88 valence electrons. The lowest BCUT2D eigenvalue weighted by Crippen LogP contribution is -2.25. The molecular weight excluding hydrogens is 192 g/mol. The van der Waals surface area contributed by atoms with Crippen molar-refractivity contribution < 1.29 is 14.3 Å². The molecule has 0 aliphatic rings. The largest absolute Gasteiger partial charge is 0.432 e. The fourth-order valence-corrected chi connectivity index (χ4v) is 0.966. The molecule has 0 aromatic carbocycles. The van der Waals surface area contributed by atoms with Gasteiger partial charge >= 0.3 is 5.97 Å². The Morgan fingerprint density at radius 3 is 2.40 bits per heavy atom. The molecule has 0 rings (SSSR count). The van der Waals surface area contributed by atoms with Gasteiger partial charge in [0.05, 0.1) is 6.10 Å². The van der Waals surface area contributed by atoms with E-state index in [0.717, 1.165) is 19.3 Å². The first kappa shape index (κ1) is 14.2. The zero-order valence-electron chi connectivity index (χ0n) is 10.2. The van der Waals surface area contributed by atoms with E-state index in [1.54, 1.807) is 6.92 Å². The van der Waals surface area contributed by atoms with Crippen LogP contribution in [0.15, 0.2) is 12.2 Å². The molecule has 2 unspecified atom stereocenters. The van der Waals surface area contributed by atoms with Crippen molar-refractivity contribution in [3.8, 4) is 0 Å². The van der Waals surface area contributed by atoms with Crippen LogP contribution in [0.4, 0.5) is 0 Å². The predicted octanol–water partition coefficient (Wildman–Crippen LogP) is 3.05. The average Bonchev–Trinajstić information content (AvgIpc) is 2.17. The fourth-order valence-electron chi connectivity index (χ4n) is 0.966. The number of rotatable bonds is 7. The number of esters is 1. The van der Waals surface area contributed by atoms with E-state index in [2.05, 4.69) is 6.58 Å². The van der Waals surface area contributed by atoms with E-state index in [1.807, 2.05) is 20.8 Å². The summed E-state index contributed by atoms with van der Waals surface area (Å²) in [7, 11) is 0.